The smallest absolute Gasteiger partial charge is 0.271 e. The second kappa shape index (κ2) is 8.80. The summed E-state index contributed by atoms with van der Waals surface area (Å²) in [5, 5.41) is 6.76. The number of rotatable bonds is 6. The van der Waals surface area contributed by atoms with Gasteiger partial charge in [-0.25, -0.2) is 5.43 Å². The third kappa shape index (κ3) is 5.44. The Morgan fingerprint density at radius 1 is 1.00 bits per heavy atom. The maximum Gasteiger partial charge on any atom is 0.271 e. The second-order valence-electron chi connectivity index (χ2n) is 6.41. The van der Waals surface area contributed by atoms with Gasteiger partial charge in [0.05, 0.1) is 6.21 Å². The van der Waals surface area contributed by atoms with E-state index >= 15 is 0 Å². The molecule has 2 rings (SSSR count). The van der Waals surface area contributed by atoms with E-state index in [4.69, 9.17) is 0 Å². The number of nitrogens with one attached hydrogen (secondary N) is 2. The lowest BCUT2D eigenvalue weighted by Crippen LogP contribution is -2.19. The first kappa shape index (κ1) is 19.2. The van der Waals surface area contributed by atoms with Gasteiger partial charge in [0.25, 0.3) is 5.91 Å². The maximum atomic E-state index is 12.1. The Morgan fingerprint density at radius 3 is 2.15 bits per heavy atom. The molecule has 0 unspecified atom stereocenters. The molecule has 0 aliphatic heterocycles. The van der Waals surface area contributed by atoms with Gasteiger partial charge in [-0.2, -0.15) is 5.10 Å². The number of hydrogen-bond acceptors (Lipinski definition) is 4. The fourth-order valence-corrected chi connectivity index (χ4v) is 2.08. The average molecular weight is 352 g/mol. The quantitative estimate of drug-likeness (QED) is 0.620. The van der Waals surface area contributed by atoms with Gasteiger partial charge in [-0.1, -0.05) is 26.0 Å². The standard InChI is InChI=1S/C20H24N4O2/c1-14(2)19(25)22-17-9-7-16(8-10-17)20(26)23-21-13-15-5-11-18(12-6-15)24(3)4/h5-14H,1-4H3,(H,22,25)(H,23,26)/b21-13-. The summed E-state index contributed by atoms with van der Waals surface area (Å²) in [7, 11) is 3.95. The molecule has 2 aromatic carbocycles. The van der Waals surface area contributed by atoms with Gasteiger partial charge in [-0.3, -0.25) is 9.59 Å². The molecule has 0 saturated heterocycles. The van der Waals surface area contributed by atoms with Gasteiger partial charge in [-0.15, -0.1) is 0 Å². The molecule has 26 heavy (non-hydrogen) atoms. The lowest BCUT2D eigenvalue weighted by molar-refractivity contribution is -0.118. The Hall–Kier alpha value is -3.15. The molecule has 136 valence electrons. The summed E-state index contributed by atoms with van der Waals surface area (Å²) in [4.78, 5) is 25.8. The number of hydrazone groups is 1. The van der Waals surface area contributed by atoms with Gasteiger partial charge in [0.1, 0.15) is 0 Å². The summed E-state index contributed by atoms with van der Waals surface area (Å²) in [6.45, 7) is 3.65. The first-order valence-corrected chi connectivity index (χ1v) is 8.38. The molecule has 0 saturated carbocycles. The molecule has 2 amide bonds. The molecule has 0 aromatic heterocycles. The minimum Gasteiger partial charge on any atom is -0.378 e. The molecular weight excluding hydrogens is 328 g/mol. The summed E-state index contributed by atoms with van der Waals surface area (Å²) in [5.74, 6) is -0.473. The van der Waals surface area contributed by atoms with E-state index in [9.17, 15) is 9.59 Å². The highest BCUT2D eigenvalue weighted by Gasteiger charge is 2.08. The highest BCUT2D eigenvalue weighted by Crippen LogP contribution is 2.12. The van der Waals surface area contributed by atoms with Crippen molar-refractivity contribution in [3.8, 4) is 0 Å². The summed E-state index contributed by atoms with van der Waals surface area (Å²) in [5.41, 5.74) is 5.60. The van der Waals surface area contributed by atoms with E-state index in [-0.39, 0.29) is 17.7 Å². The Balaban J connectivity index is 1.92. The molecule has 2 aromatic rings. The van der Waals surface area contributed by atoms with E-state index in [1.807, 2.05) is 57.1 Å². The predicted molar refractivity (Wildman–Crippen MR) is 106 cm³/mol. The van der Waals surface area contributed by atoms with Gasteiger partial charge in [0.15, 0.2) is 0 Å². The molecule has 0 bridgehead atoms. The van der Waals surface area contributed by atoms with E-state index in [0.717, 1.165) is 11.3 Å². The van der Waals surface area contributed by atoms with Crippen LogP contribution in [0.1, 0.15) is 29.8 Å². The molecule has 0 radical (unpaired) electrons. The van der Waals surface area contributed by atoms with Crippen molar-refractivity contribution in [1.82, 2.24) is 5.43 Å². The van der Waals surface area contributed by atoms with Crippen LogP contribution >= 0.6 is 0 Å². The molecule has 0 spiro atoms. The molecule has 0 heterocycles. The van der Waals surface area contributed by atoms with Crippen LogP contribution in [0.4, 0.5) is 11.4 Å². The number of carbonyl (C=O) groups is 2. The van der Waals surface area contributed by atoms with E-state index in [2.05, 4.69) is 15.8 Å². The zero-order chi connectivity index (χ0) is 19.1. The fourth-order valence-electron chi connectivity index (χ4n) is 2.08. The Kier molecular flexibility index (Phi) is 6.49. The van der Waals surface area contributed by atoms with Crippen molar-refractivity contribution in [1.29, 1.82) is 0 Å². The van der Waals surface area contributed by atoms with Crippen molar-refractivity contribution in [2.45, 2.75) is 13.8 Å². The topological polar surface area (TPSA) is 73.8 Å². The number of hydrogen-bond donors (Lipinski definition) is 2. The van der Waals surface area contributed by atoms with Gasteiger partial charge < -0.3 is 10.2 Å². The SMILES string of the molecule is CC(C)C(=O)Nc1ccc(C(=O)N/N=C\c2ccc(N(C)C)cc2)cc1. The molecule has 2 N–H and O–H groups in total. The molecule has 6 heteroatoms. The zero-order valence-corrected chi connectivity index (χ0v) is 15.5. The number of nitrogens with zero attached hydrogens (tertiary/aromatic N) is 2. The number of anilines is 2. The van der Waals surface area contributed by atoms with Crippen molar-refractivity contribution in [2.75, 3.05) is 24.3 Å². The summed E-state index contributed by atoms with van der Waals surface area (Å²) in [6, 6.07) is 14.5. The number of carbonyl (C=O) groups excluding carboxylic acids is 2. The van der Waals surface area contributed by atoms with Gasteiger partial charge in [-0.05, 0) is 42.0 Å². The molecule has 0 aliphatic carbocycles. The largest absolute Gasteiger partial charge is 0.378 e. The highest BCUT2D eigenvalue weighted by atomic mass is 16.2. The monoisotopic (exact) mass is 352 g/mol. The summed E-state index contributed by atoms with van der Waals surface area (Å²) in [6.07, 6.45) is 1.59. The highest BCUT2D eigenvalue weighted by molar-refractivity contribution is 5.96. The van der Waals surface area contributed by atoms with Gasteiger partial charge in [0, 0.05) is 37.0 Å². The Labute approximate surface area is 153 Å². The predicted octanol–water partition coefficient (Wildman–Crippen LogP) is 3.11. The normalized spacial score (nSPS) is 10.8. The van der Waals surface area contributed by atoms with E-state index < -0.39 is 0 Å². The van der Waals surface area contributed by atoms with Crippen LogP contribution in [0.15, 0.2) is 53.6 Å². The van der Waals surface area contributed by atoms with Crippen LogP contribution < -0.4 is 15.6 Å². The molecule has 0 aliphatic rings. The first-order valence-electron chi connectivity index (χ1n) is 8.38. The van der Waals surface area contributed by atoms with Crippen molar-refractivity contribution in [3.63, 3.8) is 0 Å². The van der Waals surface area contributed by atoms with Gasteiger partial charge >= 0.3 is 0 Å². The molecule has 6 nitrogen and oxygen atoms in total. The molecule has 0 fully saturated rings. The zero-order valence-electron chi connectivity index (χ0n) is 15.5. The van der Waals surface area contributed by atoms with Crippen LogP contribution in [-0.4, -0.2) is 32.1 Å². The Bertz CT molecular complexity index is 778. The average Bonchev–Trinajstić information content (AvgIpc) is 2.62. The van der Waals surface area contributed by atoms with Crippen LogP contribution in [0, 0.1) is 5.92 Å². The minimum absolute atomic E-state index is 0.0629. The summed E-state index contributed by atoms with van der Waals surface area (Å²) >= 11 is 0. The Morgan fingerprint density at radius 2 is 1.62 bits per heavy atom. The van der Waals surface area contributed by atoms with Gasteiger partial charge in [0.2, 0.25) is 5.91 Å². The van der Waals surface area contributed by atoms with E-state index in [1.165, 1.54) is 0 Å². The van der Waals surface area contributed by atoms with Crippen LogP contribution in [0.5, 0.6) is 0 Å². The van der Waals surface area contributed by atoms with Crippen molar-refractivity contribution >= 4 is 29.4 Å². The van der Waals surface area contributed by atoms with E-state index in [1.54, 1.807) is 30.5 Å². The first-order chi connectivity index (χ1) is 12.4. The lowest BCUT2D eigenvalue weighted by Gasteiger charge is -2.11. The third-order valence-corrected chi connectivity index (χ3v) is 3.73. The van der Waals surface area contributed by atoms with Crippen molar-refractivity contribution in [2.24, 2.45) is 11.0 Å². The van der Waals surface area contributed by atoms with Crippen LogP contribution in [-0.2, 0) is 4.79 Å². The molecule has 0 atom stereocenters. The third-order valence-electron chi connectivity index (χ3n) is 3.73. The maximum absolute atomic E-state index is 12.1. The van der Waals surface area contributed by atoms with Crippen molar-refractivity contribution in [3.05, 3.63) is 59.7 Å². The molecular formula is C20H24N4O2. The minimum atomic E-state index is -0.312. The van der Waals surface area contributed by atoms with Crippen LogP contribution in [0.2, 0.25) is 0 Å². The fraction of sp³-hybridized carbons (Fsp3) is 0.250. The lowest BCUT2D eigenvalue weighted by atomic mass is 10.1. The van der Waals surface area contributed by atoms with E-state index in [0.29, 0.717) is 11.3 Å². The number of benzene rings is 2. The number of amides is 2. The summed E-state index contributed by atoms with van der Waals surface area (Å²) < 4.78 is 0. The van der Waals surface area contributed by atoms with Crippen LogP contribution in [0.25, 0.3) is 0 Å². The van der Waals surface area contributed by atoms with Crippen molar-refractivity contribution < 1.29 is 9.59 Å². The second-order valence-corrected chi connectivity index (χ2v) is 6.41. The van der Waals surface area contributed by atoms with Crippen LogP contribution in [0.3, 0.4) is 0 Å².